The number of aliphatic hydroxyl groups excluding tert-OH is 1. The number of nitrogens with zero attached hydrogens (tertiary/aromatic N) is 1. The van der Waals surface area contributed by atoms with Gasteiger partial charge in [-0.15, -0.1) is 0 Å². The van der Waals surface area contributed by atoms with Crippen LogP contribution >= 0.6 is 0 Å². The number of nitrogens with one attached hydrogen (secondary N) is 2. The van der Waals surface area contributed by atoms with Crippen molar-refractivity contribution in [2.24, 2.45) is 29.6 Å². The van der Waals surface area contributed by atoms with E-state index in [-0.39, 0.29) is 56.0 Å². The summed E-state index contributed by atoms with van der Waals surface area (Å²) in [6.45, 7) is 2.31. The van der Waals surface area contributed by atoms with Crippen LogP contribution in [0.4, 0.5) is 26.3 Å². The highest BCUT2D eigenvalue weighted by Crippen LogP contribution is 2.45. The van der Waals surface area contributed by atoms with Gasteiger partial charge >= 0.3 is 18.3 Å². The summed E-state index contributed by atoms with van der Waals surface area (Å²) < 4.78 is 87.0. The molecule has 1 aliphatic heterocycles. The highest BCUT2D eigenvalue weighted by atomic mass is 19.4. The van der Waals surface area contributed by atoms with Gasteiger partial charge in [0.15, 0.2) is 6.35 Å². The number of likely N-dealkylation sites (tertiary alicyclic amines) is 1. The number of hydrogen-bond acceptors (Lipinski definition) is 6. The van der Waals surface area contributed by atoms with Gasteiger partial charge in [-0.05, 0) is 76.8 Å². The molecule has 37 heavy (non-hydrogen) atoms. The zero-order chi connectivity index (χ0) is 27.5. The number of aliphatic hydroxyl groups is 1. The summed E-state index contributed by atoms with van der Waals surface area (Å²) >= 11 is 0. The Morgan fingerprint density at radius 3 is 2.19 bits per heavy atom. The fourth-order valence-electron chi connectivity index (χ4n) is 6.90. The van der Waals surface area contributed by atoms with Crippen molar-refractivity contribution in [3.63, 3.8) is 0 Å². The first-order valence-electron chi connectivity index (χ1n) is 13.4. The van der Waals surface area contributed by atoms with Gasteiger partial charge in [0, 0.05) is 18.1 Å². The van der Waals surface area contributed by atoms with Crippen LogP contribution in [0.5, 0.6) is 0 Å². The molecule has 0 aromatic heterocycles. The molecule has 2 saturated carbocycles. The number of methoxy groups -OCH3 is 1. The Hall–Kier alpha value is -1.11. The minimum Gasteiger partial charge on any atom is -0.469 e. The summed E-state index contributed by atoms with van der Waals surface area (Å²) in [6.07, 6.45) is -7.80. The number of carbonyl (C=O) groups excluding carboxylic acids is 1. The Morgan fingerprint density at radius 1 is 0.973 bits per heavy atom. The van der Waals surface area contributed by atoms with Gasteiger partial charge in [0.25, 0.3) is 0 Å². The van der Waals surface area contributed by atoms with Crippen LogP contribution in [-0.4, -0.2) is 73.5 Å². The second kappa shape index (κ2) is 12.4. The minimum atomic E-state index is -4.47. The SMILES string of the molecule is COC(=O)C1CCCC(NC(O)NC(C2CCC(C(F)(F)F)CC2)C2C(C(F)(F)F)CCCN2C)C1C. The van der Waals surface area contributed by atoms with Gasteiger partial charge < -0.3 is 14.7 Å². The van der Waals surface area contributed by atoms with Crippen molar-refractivity contribution in [1.29, 1.82) is 0 Å². The van der Waals surface area contributed by atoms with E-state index < -0.39 is 48.5 Å². The van der Waals surface area contributed by atoms with Crippen LogP contribution in [0.3, 0.4) is 0 Å². The van der Waals surface area contributed by atoms with Gasteiger partial charge in [-0.3, -0.25) is 15.4 Å². The summed E-state index contributed by atoms with van der Waals surface area (Å²) in [6, 6.07) is -2.14. The molecular formula is C25H41F6N3O3. The molecule has 3 aliphatic rings. The van der Waals surface area contributed by atoms with E-state index in [4.69, 9.17) is 4.74 Å². The molecule has 3 fully saturated rings. The number of likely N-dealkylation sites (N-methyl/N-ethyl adjacent to an activating group) is 1. The van der Waals surface area contributed by atoms with Crippen molar-refractivity contribution in [2.45, 2.75) is 102 Å². The molecule has 0 radical (unpaired) electrons. The molecule has 1 heterocycles. The smallest absolute Gasteiger partial charge is 0.393 e. The third-order valence-electron chi connectivity index (χ3n) is 9.00. The lowest BCUT2D eigenvalue weighted by Gasteiger charge is -2.49. The molecule has 6 nitrogen and oxygen atoms in total. The molecule has 0 amide bonds. The van der Waals surface area contributed by atoms with E-state index in [2.05, 4.69) is 10.6 Å². The van der Waals surface area contributed by atoms with Crippen LogP contribution in [0.2, 0.25) is 0 Å². The molecule has 7 unspecified atom stereocenters. The van der Waals surface area contributed by atoms with Gasteiger partial charge in [-0.25, -0.2) is 0 Å². The average molecular weight is 546 g/mol. The van der Waals surface area contributed by atoms with E-state index >= 15 is 0 Å². The van der Waals surface area contributed by atoms with Crippen molar-refractivity contribution < 1.29 is 41.0 Å². The number of carbonyl (C=O) groups is 1. The largest absolute Gasteiger partial charge is 0.469 e. The van der Waals surface area contributed by atoms with Crippen LogP contribution in [0.25, 0.3) is 0 Å². The molecule has 3 N–H and O–H groups in total. The summed E-state index contributed by atoms with van der Waals surface area (Å²) in [5.74, 6) is -4.40. The topological polar surface area (TPSA) is 73.8 Å². The molecule has 216 valence electrons. The van der Waals surface area contributed by atoms with Gasteiger partial charge in [0.1, 0.15) is 0 Å². The summed E-state index contributed by atoms with van der Waals surface area (Å²) in [5, 5.41) is 17.0. The van der Waals surface area contributed by atoms with E-state index in [1.807, 2.05) is 6.92 Å². The van der Waals surface area contributed by atoms with Crippen molar-refractivity contribution in [3.8, 4) is 0 Å². The monoisotopic (exact) mass is 545 g/mol. The van der Waals surface area contributed by atoms with Crippen molar-refractivity contribution >= 4 is 5.97 Å². The molecule has 0 aromatic rings. The standard InChI is InChI=1S/C25H41F6N3O3/c1-14-17(22(35)37-3)6-4-8-19(14)32-23(36)33-20(15-9-11-16(12-10-15)24(26,27)28)21-18(25(29,30)31)7-5-13-34(21)2/h14-21,23,32-33,36H,4-13H2,1-3H3. The number of esters is 1. The zero-order valence-corrected chi connectivity index (χ0v) is 21.7. The normalized spacial score (nSPS) is 36.1. The quantitative estimate of drug-likeness (QED) is 0.250. The predicted molar refractivity (Wildman–Crippen MR) is 125 cm³/mol. The predicted octanol–water partition coefficient (Wildman–Crippen LogP) is 4.43. The Morgan fingerprint density at radius 2 is 1.62 bits per heavy atom. The van der Waals surface area contributed by atoms with Crippen LogP contribution < -0.4 is 10.6 Å². The van der Waals surface area contributed by atoms with Crippen molar-refractivity contribution in [2.75, 3.05) is 20.7 Å². The van der Waals surface area contributed by atoms with E-state index in [0.29, 0.717) is 25.8 Å². The third-order valence-corrected chi connectivity index (χ3v) is 9.00. The Bertz CT molecular complexity index is 744. The highest BCUT2D eigenvalue weighted by Gasteiger charge is 2.53. The van der Waals surface area contributed by atoms with Gasteiger partial charge in [-0.2, -0.15) is 26.3 Å². The highest BCUT2D eigenvalue weighted by molar-refractivity contribution is 5.72. The maximum atomic E-state index is 14.1. The maximum Gasteiger partial charge on any atom is 0.393 e. The molecule has 0 bridgehead atoms. The fourth-order valence-corrected chi connectivity index (χ4v) is 6.90. The first-order valence-corrected chi connectivity index (χ1v) is 13.4. The number of halogens is 6. The van der Waals surface area contributed by atoms with Gasteiger partial charge in [0.05, 0.1) is 24.9 Å². The zero-order valence-electron chi connectivity index (χ0n) is 21.7. The molecule has 7 atom stereocenters. The summed E-state index contributed by atoms with van der Waals surface area (Å²) in [4.78, 5) is 13.8. The lowest BCUT2D eigenvalue weighted by atomic mass is 9.72. The number of rotatable bonds is 7. The van der Waals surface area contributed by atoms with Crippen LogP contribution in [0.1, 0.15) is 64.7 Å². The van der Waals surface area contributed by atoms with Gasteiger partial charge in [-0.1, -0.05) is 13.3 Å². The van der Waals surface area contributed by atoms with Crippen LogP contribution in [0.15, 0.2) is 0 Å². The number of alkyl halides is 6. The number of hydrogen-bond donors (Lipinski definition) is 3. The fraction of sp³-hybridized carbons (Fsp3) is 0.960. The van der Waals surface area contributed by atoms with Crippen LogP contribution in [-0.2, 0) is 9.53 Å². The van der Waals surface area contributed by atoms with Crippen LogP contribution in [0, 0.1) is 29.6 Å². The molecule has 0 aromatic carbocycles. The second-order valence-electron chi connectivity index (χ2n) is 11.2. The molecule has 3 rings (SSSR count). The Balaban J connectivity index is 1.79. The summed E-state index contributed by atoms with van der Waals surface area (Å²) in [7, 11) is 2.93. The van der Waals surface area contributed by atoms with E-state index in [0.717, 1.165) is 6.42 Å². The minimum absolute atomic E-state index is 0.0570. The van der Waals surface area contributed by atoms with Crippen molar-refractivity contribution in [1.82, 2.24) is 15.5 Å². The lowest BCUT2D eigenvalue weighted by Crippen LogP contribution is -2.65. The molecule has 0 spiro atoms. The first-order chi connectivity index (χ1) is 17.2. The number of ether oxygens (including phenoxy) is 1. The first kappa shape index (κ1) is 30.4. The van der Waals surface area contributed by atoms with E-state index in [1.165, 1.54) is 7.11 Å². The number of piperidine rings is 1. The third kappa shape index (κ3) is 7.51. The van der Waals surface area contributed by atoms with E-state index in [9.17, 15) is 36.2 Å². The average Bonchev–Trinajstić information content (AvgIpc) is 2.82. The van der Waals surface area contributed by atoms with E-state index in [1.54, 1.807) is 11.9 Å². The summed E-state index contributed by atoms with van der Waals surface area (Å²) in [5.41, 5.74) is 0. The molecular weight excluding hydrogens is 504 g/mol. The Labute approximate surface area is 214 Å². The van der Waals surface area contributed by atoms with Crippen molar-refractivity contribution in [3.05, 3.63) is 0 Å². The molecule has 1 saturated heterocycles. The second-order valence-corrected chi connectivity index (χ2v) is 11.2. The maximum absolute atomic E-state index is 14.1. The van der Waals surface area contributed by atoms with Gasteiger partial charge in [0.2, 0.25) is 0 Å². The molecule has 12 heteroatoms. The Kier molecular flexibility index (Phi) is 10.2. The lowest BCUT2D eigenvalue weighted by molar-refractivity contribution is -0.208. The molecule has 2 aliphatic carbocycles.